The molecule has 0 amide bonds. The number of aliphatic imine (C=N–C) groups is 1. The molecular formula is C28H42N4O5. The van der Waals surface area contributed by atoms with Crippen molar-refractivity contribution in [3.05, 3.63) is 52.2 Å². The van der Waals surface area contributed by atoms with Gasteiger partial charge in [-0.1, -0.05) is 45.4 Å². The molecule has 0 bridgehead atoms. The second kappa shape index (κ2) is 16.4. The number of nitrogens with one attached hydrogen (secondary N) is 1. The van der Waals surface area contributed by atoms with Gasteiger partial charge >= 0.3 is 5.97 Å². The molecule has 0 aliphatic carbocycles. The minimum atomic E-state index is -0.995. The Bertz CT molecular complexity index is 1130. The molecule has 0 aliphatic rings. The zero-order chi connectivity index (χ0) is 27.0. The molecule has 1 aromatic heterocycles. The number of aliphatic carboxylic acids is 1. The number of hydrogen-bond acceptors (Lipinski definition) is 6. The smallest absolute Gasteiger partial charge is 0.329 e. The zero-order valence-electron chi connectivity index (χ0n) is 22.4. The van der Waals surface area contributed by atoms with E-state index in [2.05, 4.69) is 30.3 Å². The van der Waals surface area contributed by atoms with Crippen LogP contribution >= 0.6 is 0 Å². The van der Waals surface area contributed by atoms with Gasteiger partial charge in [0.25, 0.3) is 0 Å². The van der Waals surface area contributed by atoms with Crippen molar-refractivity contribution in [1.29, 1.82) is 0 Å². The topological polar surface area (TPSA) is 120 Å². The van der Waals surface area contributed by atoms with Gasteiger partial charge in [-0.3, -0.25) is 0 Å². The molecule has 0 unspecified atom stereocenters. The van der Waals surface area contributed by atoms with Gasteiger partial charge in [0.1, 0.15) is 18.2 Å². The monoisotopic (exact) mass is 514 g/mol. The first-order valence-corrected chi connectivity index (χ1v) is 12.9. The van der Waals surface area contributed by atoms with E-state index in [1.165, 1.54) is 0 Å². The van der Waals surface area contributed by atoms with Crippen molar-refractivity contribution in [2.24, 2.45) is 10.7 Å². The summed E-state index contributed by atoms with van der Waals surface area (Å²) in [6, 6.07) is 7.95. The van der Waals surface area contributed by atoms with Crippen molar-refractivity contribution >= 4 is 24.2 Å². The fraction of sp³-hybridized carbons (Fsp3) is 0.500. The summed E-state index contributed by atoms with van der Waals surface area (Å²) in [6.45, 7) is 10.5. The predicted molar refractivity (Wildman–Crippen MR) is 147 cm³/mol. The molecule has 0 atom stereocenters. The average molecular weight is 515 g/mol. The van der Waals surface area contributed by atoms with Crippen molar-refractivity contribution in [2.45, 2.75) is 59.1 Å². The van der Waals surface area contributed by atoms with Crippen LogP contribution in [0.4, 0.5) is 0 Å². The molecule has 1 aromatic carbocycles. The third-order valence-corrected chi connectivity index (χ3v) is 5.66. The Morgan fingerprint density at radius 1 is 1.16 bits per heavy atom. The molecule has 0 aliphatic heterocycles. The fourth-order valence-electron chi connectivity index (χ4n) is 3.81. The molecular weight excluding hydrogens is 472 g/mol. The summed E-state index contributed by atoms with van der Waals surface area (Å²) in [5.41, 5.74) is 8.16. The van der Waals surface area contributed by atoms with E-state index in [4.69, 9.17) is 30.0 Å². The summed E-state index contributed by atoms with van der Waals surface area (Å²) in [5, 5.41) is 13.9. The largest absolute Gasteiger partial charge is 0.496 e. The van der Waals surface area contributed by atoms with Gasteiger partial charge in [0, 0.05) is 24.7 Å². The first-order chi connectivity index (χ1) is 17.9. The highest BCUT2D eigenvalue weighted by molar-refractivity contribution is 5.83. The number of ether oxygens (including phenoxy) is 3. The summed E-state index contributed by atoms with van der Waals surface area (Å²) in [4.78, 5) is 15.2. The molecule has 37 heavy (non-hydrogen) atoms. The summed E-state index contributed by atoms with van der Waals surface area (Å²) in [5.74, 6) is 1.10. The molecule has 0 fully saturated rings. The van der Waals surface area contributed by atoms with Gasteiger partial charge < -0.3 is 34.9 Å². The molecule has 4 N–H and O–H groups in total. The number of nitrogens with two attached hydrogens (primary N) is 1. The molecule has 0 spiro atoms. The molecule has 2 aromatic rings. The van der Waals surface area contributed by atoms with Gasteiger partial charge in [0.05, 0.1) is 38.8 Å². The maximum Gasteiger partial charge on any atom is 0.329 e. The third-order valence-electron chi connectivity index (χ3n) is 5.66. The second-order valence-electron chi connectivity index (χ2n) is 8.80. The summed E-state index contributed by atoms with van der Waals surface area (Å²) >= 11 is 0. The second-order valence-corrected chi connectivity index (χ2v) is 8.80. The minimum Gasteiger partial charge on any atom is -0.496 e. The SMILES string of the molecule is C=c1ccn(Cc2ccc(COCCOCC(=O)O)cc2OC)/c1=C(/N=C(/N)CCC)NCCCCC. The van der Waals surface area contributed by atoms with E-state index < -0.39 is 5.97 Å². The number of nitrogens with zero attached hydrogens (tertiary/aromatic N) is 2. The summed E-state index contributed by atoms with van der Waals surface area (Å²) in [6.07, 6.45) is 7.02. The Morgan fingerprint density at radius 2 is 1.95 bits per heavy atom. The van der Waals surface area contributed by atoms with E-state index >= 15 is 0 Å². The lowest BCUT2D eigenvalue weighted by Gasteiger charge is -2.14. The summed E-state index contributed by atoms with van der Waals surface area (Å²) < 4.78 is 18.4. The highest BCUT2D eigenvalue weighted by Gasteiger charge is 2.10. The molecule has 0 saturated heterocycles. The van der Waals surface area contributed by atoms with Crippen LogP contribution in [-0.4, -0.2) is 55.0 Å². The average Bonchev–Trinajstić information content (AvgIpc) is 3.23. The maximum atomic E-state index is 10.5. The Kier molecular flexibility index (Phi) is 13.3. The van der Waals surface area contributed by atoms with Gasteiger partial charge in [0.2, 0.25) is 0 Å². The number of benzene rings is 1. The van der Waals surface area contributed by atoms with Crippen LogP contribution in [0.5, 0.6) is 5.75 Å². The number of unbranched alkanes of at least 4 members (excludes halogenated alkanes) is 2. The Balaban J connectivity index is 2.24. The zero-order valence-corrected chi connectivity index (χ0v) is 22.4. The Hall–Kier alpha value is -3.30. The molecule has 204 valence electrons. The van der Waals surface area contributed by atoms with E-state index in [0.717, 1.165) is 71.9 Å². The van der Waals surface area contributed by atoms with Crippen molar-refractivity contribution < 1.29 is 24.1 Å². The van der Waals surface area contributed by atoms with Crippen LogP contribution in [0, 0.1) is 0 Å². The van der Waals surface area contributed by atoms with E-state index in [1.54, 1.807) is 7.11 Å². The molecule has 1 heterocycles. The van der Waals surface area contributed by atoms with Crippen molar-refractivity contribution in [1.82, 2.24) is 9.88 Å². The Morgan fingerprint density at radius 3 is 2.65 bits per heavy atom. The maximum absolute atomic E-state index is 10.5. The van der Waals surface area contributed by atoms with E-state index in [9.17, 15) is 4.79 Å². The van der Waals surface area contributed by atoms with Crippen LogP contribution in [0.15, 0.2) is 35.5 Å². The van der Waals surface area contributed by atoms with Crippen molar-refractivity contribution in [3.8, 4) is 5.75 Å². The minimum absolute atomic E-state index is 0.224. The van der Waals surface area contributed by atoms with Crippen molar-refractivity contribution in [2.75, 3.05) is 33.5 Å². The number of aromatic nitrogens is 1. The van der Waals surface area contributed by atoms with Crippen LogP contribution in [0.1, 0.15) is 57.1 Å². The van der Waals surface area contributed by atoms with Crippen LogP contribution in [0.3, 0.4) is 0 Å². The highest BCUT2D eigenvalue weighted by atomic mass is 16.5. The lowest BCUT2D eigenvalue weighted by atomic mass is 10.1. The molecule has 0 saturated carbocycles. The molecule has 9 heteroatoms. The van der Waals surface area contributed by atoms with Crippen LogP contribution in [-0.2, 0) is 27.4 Å². The lowest BCUT2D eigenvalue weighted by molar-refractivity contribution is -0.142. The summed E-state index contributed by atoms with van der Waals surface area (Å²) in [7, 11) is 1.65. The number of hydrogen-bond donors (Lipinski definition) is 3. The van der Waals surface area contributed by atoms with Crippen LogP contribution < -0.4 is 26.4 Å². The quantitative estimate of drug-likeness (QED) is 0.159. The number of amidine groups is 1. The Labute approximate surface area is 219 Å². The van der Waals surface area contributed by atoms with E-state index in [-0.39, 0.29) is 13.2 Å². The molecule has 9 nitrogen and oxygen atoms in total. The van der Waals surface area contributed by atoms with Gasteiger partial charge in [-0.15, -0.1) is 0 Å². The number of carboxylic acids is 1. The third kappa shape index (κ3) is 10.3. The van der Waals surface area contributed by atoms with Crippen molar-refractivity contribution in [3.63, 3.8) is 0 Å². The lowest BCUT2D eigenvalue weighted by Crippen LogP contribution is -2.36. The number of rotatable bonds is 18. The fourth-order valence-corrected chi connectivity index (χ4v) is 3.81. The van der Waals surface area contributed by atoms with Gasteiger partial charge in [-0.05, 0) is 35.8 Å². The number of carboxylic acid groups (broad SMARTS) is 1. The first-order valence-electron chi connectivity index (χ1n) is 12.9. The van der Waals surface area contributed by atoms with E-state index in [0.29, 0.717) is 25.6 Å². The number of carbonyl (C=O) groups is 1. The highest BCUT2D eigenvalue weighted by Crippen LogP contribution is 2.21. The normalized spacial score (nSPS) is 12.5. The predicted octanol–water partition coefficient (Wildman–Crippen LogP) is 2.58. The standard InChI is InChI=1S/C28H42N4O5/c1-5-7-8-13-30-28(31-25(29)9-6-2)27-21(3)12-14-32(27)18-23-11-10-22(17-24(23)35-4)19-36-15-16-37-20-26(33)34/h10-12,14,17,30H,3,5-9,13,15-16,18-20H2,1-2,4H3,(H2,29,31)(H,33,34)/b28-27+. The van der Waals surface area contributed by atoms with E-state index in [1.807, 2.05) is 30.5 Å². The molecule has 2 rings (SSSR count). The van der Waals surface area contributed by atoms with Crippen LogP contribution in [0.25, 0.3) is 12.4 Å². The van der Waals surface area contributed by atoms with Gasteiger partial charge in [0.15, 0.2) is 5.82 Å². The van der Waals surface area contributed by atoms with Gasteiger partial charge in [-0.2, -0.15) is 0 Å². The van der Waals surface area contributed by atoms with Gasteiger partial charge in [-0.25, -0.2) is 9.79 Å². The van der Waals surface area contributed by atoms with Crippen LogP contribution in [0.2, 0.25) is 0 Å². The number of methoxy groups -OCH3 is 1. The molecule has 0 radical (unpaired) electrons. The first kappa shape index (κ1) is 29.9.